The van der Waals surface area contributed by atoms with Crippen LogP contribution in [0.15, 0.2) is 24.8 Å². The molecular weight excluding hydrogens is 252 g/mol. The van der Waals surface area contributed by atoms with Gasteiger partial charge in [0.05, 0.1) is 7.11 Å². The van der Waals surface area contributed by atoms with Crippen molar-refractivity contribution >= 4 is 0 Å². The molecule has 1 aliphatic rings. The minimum Gasteiger partial charge on any atom is -0.504 e. The molecule has 0 spiro atoms. The molecule has 1 N–H and O–H groups in total. The smallest absolute Gasteiger partial charge is 0.162 e. The molecule has 4 nitrogen and oxygen atoms in total. The molecule has 0 saturated carbocycles. The van der Waals surface area contributed by atoms with Crippen molar-refractivity contribution in [3.63, 3.8) is 0 Å². The molecule has 1 fully saturated rings. The van der Waals surface area contributed by atoms with E-state index in [2.05, 4.69) is 29.5 Å². The monoisotopic (exact) mass is 276 g/mol. The SMILES string of the molecule is C=CCc1cc(CN2CCN(C)CC2)c(O)c(OC)c1. The van der Waals surface area contributed by atoms with Crippen LogP contribution in [0.5, 0.6) is 11.5 Å². The number of phenolic OH excluding ortho intramolecular Hbond substituents is 1. The second-order valence-corrected chi connectivity index (χ2v) is 5.38. The Bertz CT molecular complexity index is 466. The van der Waals surface area contributed by atoms with E-state index in [4.69, 9.17) is 4.74 Å². The van der Waals surface area contributed by atoms with Gasteiger partial charge in [-0.2, -0.15) is 0 Å². The van der Waals surface area contributed by atoms with Crippen molar-refractivity contribution in [1.29, 1.82) is 0 Å². The van der Waals surface area contributed by atoms with Crippen LogP contribution < -0.4 is 4.74 Å². The lowest BCUT2D eigenvalue weighted by molar-refractivity contribution is 0.147. The first-order valence-corrected chi connectivity index (χ1v) is 7.04. The lowest BCUT2D eigenvalue weighted by atomic mass is 10.1. The zero-order valence-electron chi connectivity index (χ0n) is 12.4. The molecule has 0 bridgehead atoms. The van der Waals surface area contributed by atoms with Gasteiger partial charge in [0.1, 0.15) is 0 Å². The van der Waals surface area contributed by atoms with Gasteiger partial charge in [-0.1, -0.05) is 12.1 Å². The summed E-state index contributed by atoms with van der Waals surface area (Å²) < 4.78 is 5.27. The maximum absolute atomic E-state index is 10.3. The van der Waals surface area contributed by atoms with Crippen molar-refractivity contribution in [2.24, 2.45) is 0 Å². The quantitative estimate of drug-likeness (QED) is 0.833. The zero-order valence-corrected chi connectivity index (χ0v) is 12.4. The Kier molecular flexibility index (Phi) is 5.04. The number of aromatic hydroxyl groups is 1. The predicted octanol–water partition coefficient (Wildman–Crippen LogP) is 1.88. The third-order valence-corrected chi connectivity index (χ3v) is 3.80. The molecule has 1 aliphatic heterocycles. The van der Waals surface area contributed by atoms with E-state index in [1.165, 1.54) is 0 Å². The van der Waals surface area contributed by atoms with Crippen LogP contribution in [0.1, 0.15) is 11.1 Å². The Balaban J connectivity index is 2.16. The largest absolute Gasteiger partial charge is 0.504 e. The summed E-state index contributed by atoms with van der Waals surface area (Å²) in [7, 11) is 3.73. The minimum atomic E-state index is 0.263. The van der Waals surface area contributed by atoms with E-state index in [0.717, 1.165) is 50.3 Å². The second-order valence-electron chi connectivity index (χ2n) is 5.38. The molecule has 0 aromatic heterocycles. The van der Waals surface area contributed by atoms with E-state index >= 15 is 0 Å². The lowest BCUT2D eigenvalue weighted by Crippen LogP contribution is -2.43. The Morgan fingerprint density at radius 2 is 2.00 bits per heavy atom. The van der Waals surface area contributed by atoms with Crippen LogP contribution in [0.3, 0.4) is 0 Å². The highest BCUT2D eigenvalue weighted by Gasteiger charge is 2.17. The first-order chi connectivity index (χ1) is 9.63. The van der Waals surface area contributed by atoms with Crippen molar-refractivity contribution in [2.75, 3.05) is 40.3 Å². The van der Waals surface area contributed by atoms with Crippen LogP contribution in [0.4, 0.5) is 0 Å². The molecular formula is C16H24N2O2. The summed E-state index contributed by atoms with van der Waals surface area (Å²) in [6.45, 7) is 8.74. The van der Waals surface area contributed by atoms with Gasteiger partial charge in [-0.3, -0.25) is 4.90 Å². The predicted molar refractivity (Wildman–Crippen MR) is 81.3 cm³/mol. The molecule has 0 aliphatic carbocycles. The Morgan fingerprint density at radius 3 is 2.60 bits per heavy atom. The number of rotatable bonds is 5. The van der Waals surface area contributed by atoms with E-state index in [-0.39, 0.29) is 5.75 Å². The zero-order chi connectivity index (χ0) is 14.5. The summed E-state index contributed by atoms with van der Waals surface area (Å²) >= 11 is 0. The van der Waals surface area contributed by atoms with Crippen LogP contribution in [-0.2, 0) is 13.0 Å². The van der Waals surface area contributed by atoms with Gasteiger partial charge in [0, 0.05) is 38.3 Å². The summed E-state index contributed by atoms with van der Waals surface area (Å²) in [6, 6.07) is 3.93. The van der Waals surface area contributed by atoms with Gasteiger partial charge < -0.3 is 14.7 Å². The average molecular weight is 276 g/mol. The molecule has 1 heterocycles. The summed E-state index contributed by atoms with van der Waals surface area (Å²) in [4.78, 5) is 4.69. The fourth-order valence-corrected chi connectivity index (χ4v) is 2.54. The van der Waals surface area contributed by atoms with Gasteiger partial charge in [0.25, 0.3) is 0 Å². The van der Waals surface area contributed by atoms with Crippen molar-refractivity contribution < 1.29 is 9.84 Å². The van der Waals surface area contributed by atoms with Gasteiger partial charge in [-0.25, -0.2) is 0 Å². The summed E-state index contributed by atoms with van der Waals surface area (Å²) in [6.07, 6.45) is 2.65. The van der Waals surface area contributed by atoms with Crippen LogP contribution in [-0.4, -0.2) is 55.2 Å². The first-order valence-electron chi connectivity index (χ1n) is 7.04. The van der Waals surface area contributed by atoms with Gasteiger partial charge in [0.2, 0.25) is 0 Å². The number of piperazine rings is 1. The molecule has 20 heavy (non-hydrogen) atoms. The molecule has 1 aromatic carbocycles. The number of phenols is 1. The topological polar surface area (TPSA) is 35.9 Å². The third kappa shape index (κ3) is 3.52. The standard InChI is InChI=1S/C16H24N2O2/c1-4-5-13-10-14(16(19)15(11-13)20-3)12-18-8-6-17(2)7-9-18/h4,10-11,19H,1,5-9,12H2,2-3H3. The van der Waals surface area contributed by atoms with Gasteiger partial charge in [-0.15, -0.1) is 6.58 Å². The normalized spacial score (nSPS) is 17.1. The molecule has 4 heteroatoms. The fraction of sp³-hybridized carbons (Fsp3) is 0.500. The van der Waals surface area contributed by atoms with E-state index in [1.807, 2.05) is 12.1 Å². The highest BCUT2D eigenvalue weighted by atomic mass is 16.5. The number of likely N-dealkylation sites (N-methyl/N-ethyl adjacent to an activating group) is 1. The number of benzene rings is 1. The molecule has 0 radical (unpaired) electrons. The third-order valence-electron chi connectivity index (χ3n) is 3.80. The first kappa shape index (κ1) is 14.9. The number of hydrogen-bond acceptors (Lipinski definition) is 4. The maximum Gasteiger partial charge on any atom is 0.162 e. The number of ether oxygens (including phenoxy) is 1. The molecule has 110 valence electrons. The molecule has 0 amide bonds. The van der Waals surface area contributed by atoms with E-state index in [9.17, 15) is 5.11 Å². The summed E-state index contributed by atoms with van der Waals surface area (Å²) in [5, 5.41) is 10.3. The van der Waals surface area contributed by atoms with Crippen molar-refractivity contribution in [1.82, 2.24) is 9.80 Å². The molecule has 1 saturated heterocycles. The second kappa shape index (κ2) is 6.77. The summed E-state index contributed by atoms with van der Waals surface area (Å²) in [5.41, 5.74) is 2.06. The number of allylic oxidation sites excluding steroid dienone is 1. The van der Waals surface area contributed by atoms with Gasteiger partial charge in [0.15, 0.2) is 11.5 Å². The Morgan fingerprint density at radius 1 is 1.30 bits per heavy atom. The minimum absolute atomic E-state index is 0.263. The number of methoxy groups -OCH3 is 1. The van der Waals surface area contributed by atoms with E-state index in [0.29, 0.717) is 5.75 Å². The number of nitrogens with zero attached hydrogens (tertiary/aromatic N) is 2. The Hall–Kier alpha value is -1.52. The molecule has 2 rings (SSSR count). The van der Waals surface area contributed by atoms with Crippen LogP contribution in [0.25, 0.3) is 0 Å². The lowest BCUT2D eigenvalue weighted by Gasteiger charge is -2.32. The molecule has 0 atom stereocenters. The van der Waals surface area contributed by atoms with Crippen molar-refractivity contribution in [3.8, 4) is 11.5 Å². The highest BCUT2D eigenvalue weighted by Crippen LogP contribution is 2.32. The Labute approximate surface area is 121 Å². The van der Waals surface area contributed by atoms with Gasteiger partial charge in [-0.05, 0) is 25.1 Å². The van der Waals surface area contributed by atoms with Crippen molar-refractivity contribution in [2.45, 2.75) is 13.0 Å². The van der Waals surface area contributed by atoms with E-state index in [1.54, 1.807) is 7.11 Å². The van der Waals surface area contributed by atoms with Gasteiger partial charge >= 0.3 is 0 Å². The average Bonchev–Trinajstić information content (AvgIpc) is 2.45. The van der Waals surface area contributed by atoms with Crippen LogP contribution >= 0.6 is 0 Å². The molecule has 0 unspecified atom stereocenters. The highest BCUT2D eigenvalue weighted by molar-refractivity contribution is 5.48. The molecule has 1 aromatic rings. The van der Waals surface area contributed by atoms with Crippen LogP contribution in [0, 0.1) is 0 Å². The van der Waals surface area contributed by atoms with Crippen molar-refractivity contribution in [3.05, 3.63) is 35.9 Å². The number of hydrogen-bond donors (Lipinski definition) is 1. The maximum atomic E-state index is 10.3. The fourth-order valence-electron chi connectivity index (χ4n) is 2.54. The van der Waals surface area contributed by atoms with E-state index < -0.39 is 0 Å². The van der Waals surface area contributed by atoms with Crippen LogP contribution in [0.2, 0.25) is 0 Å². The summed E-state index contributed by atoms with van der Waals surface area (Å²) in [5.74, 6) is 0.813.